The number of likely N-dealkylation sites (N-methyl/N-ethyl adjacent to an activating group) is 1. The van der Waals surface area contributed by atoms with Crippen LogP contribution < -0.4 is 0 Å². The lowest BCUT2D eigenvalue weighted by molar-refractivity contribution is -0.138. The summed E-state index contributed by atoms with van der Waals surface area (Å²) in [6, 6.07) is 0. The SMILES string of the molecule is CN1C(=O)C2=CC3C(=O)N(C)C(=O)C3C=C2C1=O. The van der Waals surface area contributed by atoms with Gasteiger partial charge in [0.15, 0.2) is 0 Å². The summed E-state index contributed by atoms with van der Waals surface area (Å²) in [5.74, 6) is -2.79. The molecule has 2 fully saturated rings. The number of carbonyl (C=O) groups is 4. The minimum atomic E-state index is -0.649. The van der Waals surface area contributed by atoms with Gasteiger partial charge in [-0.05, 0) is 0 Å². The highest BCUT2D eigenvalue weighted by Gasteiger charge is 2.49. The van der Waals surface area contributed by atoms with Gasteiger partial charge in [-0.3, -0.25) is 29.0 Å². The number of amides is 4. The molecule has 0 radical (unpaired) electrons. The normalized spacial score (nSPS) is 30.6. The molecule has 4 amide bonds. The first-order valence-corrected chi connectivity index (χ1v) is 5.51. The molecule has 2 atom stereocenters. The van der Waals surface area contributed by atoms with Crippen molar-refractivity contribution in [2.24, 2.45) is 11.8 Å². The van der Waals surface area contributed by atoms with E-state index in [4.69, 9.17) is 0 Å². The first-order valence-electron chi connectivity index (χ1n) is 5.51. The van der Waals surface area contributed by atoms with Crippen LogP contribution in [0.5, 0.6) is 0 Å². The van der Waals surface area contributed by atoms with Crippen LogP contribution in [-0.2, 0) is 19.2 Å². The topological polar surface area (TPSA) is 74.8 Å². The minimum Gasteiger partial charge on any atom is -0.285 e. The molecule has 2 unspecified atom stereocenters. The number of likely N-dealkylation sites (tertiary alicyclic amines) is 2. The van der Waals surface area contributed by atoms with Crippen LogP contribution in [0.2, 0.25) is 0 Å². The van der Waals surface area contributed by atoms with Crippen molar-refractivity contribution in [3.8, 4) is 0 Å². The third-order valence-corrected chi connectivity index (χ3v) is 3.67. The average molecular weight is 246 g/mol. The summed E-state index contributed by atoms with van der Waals surface area (Å²) in [6.07, 6.45) is 2.90. The molecule has 0 aromatic carbocycles. The Hall–Kier alpha value is -2.24. The zero-order valence-corrected chi connectivity index (χ0v) is 9.84. The van der Waals surface area contributed by atoms with Gasteiger partial charge in [0.2, 0.25) is 11.8 Å². The highest BCUT2D eigenvalue weighted by Crippen LogP contribution is 2.38. The molecule has 92 valence electrons. The maximum absolute atomic E-state index is 11.8. The van der Waals surface area contributed by atoms with Gasteiger partial charge in [-0.2, -0.15) is 0 Å². The molecule has 1 aliphatic carbocycles. The number of carbonyl (C=O) groups excluding carboxylic acids is 4. The van der Waals surface area contributed by atoms with E-state index in [1.165, 1.54) is 26.2 Å². The van der Waals surface area contributed by atoms with E-state index in [-0.39, 0.29) is 23.0 Å². The molecule has 0 saturated carbocycles. The lowest BCUT2D eigenvalue weighted by atomic mass is 9.84. The van der Waals surface area contributed by atoms with E-state index < -0.39 is 23.7 Å². The highest BCUT2D eigenvalue weighted by molar-refractivity contribution is 6.25. The molecule has 0 aromatic heterocycles. The lowest BCUT2D eigenvalue weighted by Crippen LogP contribution is -2.26. The first-order chi connectivity index (χ1) is 8.43. The van der Waals surface area contributed by atoms with Crippen molar-refractivity contribution in [2.45, 2.75) is 0 Å². The quantitative estimate of drug-likeness (QED) is 0.518. The third-order valence-electron chi connectivity index (χ3n) is 3.67. The Morgan fingerprint density at radius 2 is 1.17 bits per heavy atom. The van der Waals surface area contributed by atoms with E-state index in [0.29, 0.717) is 0 Å². The van der Waals surface area contributed by atoms with E-state index in [9.17, 15) is 19.2 Å². The van der Waals surface area contributed by atoms with Crippen LogP contribution >= 0.6 is 0 Å². The Balaban J connectivity index is 2.13. The van der Waals surface area contributed by atoms with Gasteiger partial charge in [-0.15, -0.1) is 0 Å². The minimum absolute atomic E-state index is 0.236. The standard InChI is InChI=1S/C12H10N2O4/c1-13-9(15)5-3-7-8(4-6(5)10(13)16)12(18)14(2)11(7)17/h3-6H,1-2H3. The van der Waals surface area contributed by atoms with Crippen LogP contribution in [0.15, 0.2) is 23.3 Å². The van der Waals surface area contributed by atoms with Crippen LogP contribution in [-0.4, -0.2) is 47.5 Å². The van der Waals surface area contributed by atoms with Gasteiger partial charge in [0.05, 0.1) is 11.8 Å². The fraction of sp³-hybridized carbons (Fsp3) is 0.333. The molecule has 6 nitrogen and oxygen atoms in total. The zero-order valence-electron chi connectivity index (χ0n) is 9.84. The molecule has 2 saturated heterocycles. The van der Waals surface area contributed by atoms with Crippen molar-refractivity contribution in [3.05, 3.63) is 23.3 Å². The van der Waals surface area contributed by atoms with Crippen LogP contribution in [0, 0.1) is 11.8 Å². The predicted octanol–water partition coefficient (Wildman–Crippen LogP) is -0.918. The van der Waals surface area contributed by atoms with Crippen molar-refractivity contribution in [1.82, 2.24) is 9.80 Å². The molecular formula is C12H10N2O4. The maximum Gasteiger partial charge on any atom is 0.260 e. The number of hydrogen-bond donors (Lipinski definition) is 0. The fourth-order valence-corrected chi connectivity index (χ4v) is 2.58. The van der Waals surface area contributed by atoms with Crippen molar-refractivity contribution in [2.75, 3.05) is 14.1 Å². The monoisotopic (exact) mass is 246 g/mol. The molecule has 0 bridgehead atoms. The van der Waals surface area contributed by atoms with Gasteiger partial charge in [0.1, 0.15) is 0 Å². The van der Waals surface area contributed by atoms with Gasteiger partial charge in [-0.25, -0.2) is 0 Å². The molecule has 6 heteroatoms. The zero-order chi connectivity index (χ0) is 13.2. The van der Waals surface area contributed by atoms with E-state index in [0.717, 1.165) is 9.80 Å². The van der Waals surface area contributed by atoms with E-state index in [1.807, 2.05) is 0 Å². The summed E-state index contributed by atoms with van der Waals surface area (Å²) in [7, 11) is 2.79. The van der Waals surface area contributed by atoms with Gasteiger partial charge in [-0.1, -0.05) is 12.2 Å². The van der Waals surface area contributed by atoms with Crippen molar-refractivity contribution < 1.29 is 19.2 Å². The highest BCUT2D eigenvalue weighted by atomic mass is 16.2. The largest absolute Gasteiger partial charge is 0.285 e. The summed E-state index contributed by atoms with van der Waals surface area (Å²) >= 11 is 0. The maximum atomic E-state index is 11.8. The van der Waals surface area contributed by atoms with Gasteiger partial charge >= 0.3 is 0 Å². The first kappa shape index (κ1) is 10.9. The van der Waals surface area contributed by atoms with E-state index in [1.54, 1.807) is 0 Å². The van der Waals surface area contributed by atoms with Crippen molar-refractivity contribution >= 4 is 23.6 Å². The summed E-state index contributed by atoms with van der Waals surface area (Å²) in [4.78, 5) is 49.3. The molecule has 0 N–H and O–H groups in total. The summed E-state index contributed by atoms with van der Waals surface area (Å²) in [6.45, 7) is 0. The molecule has 0 aromatic rings. The predicted molar refractivity (Wildman–Crippen MR) is 58.7 cm³/mol. The average Bonchev–Trinajstić information content (AvgIpc) is 2.71. The number of imide groups is 2. The Morgan fingerprint density at radius 1 is 0.778 bits per heavy atom. The van der Waals surface area contributed by atoms with Gasteiger partial charge in [0.25, 0.3) is 11.8 Å². The molecule has 2 heterocycles. The molecule has 18 heavy (non-hydrogen) atoms. The smallest absolute Gasteiger partial charge is 0.260 e. The lowest BCUT2D eigenvalue weighted by Gasteiger charge is -2.13. The van der Waals surface area contributed by atoms with Crippen LogP contribution in [0.4, 0.5) is 0 Å². The second-order valence-corrected chi connectivity index (χ2v) is 4.62. The second kappa shape index (κ2) is 3.16. The van der Waals surface area contributed by atoms with Crippen LogP contribution in [0.25, 0.3) is 0 Å². The van der Waals surface area contributed by atoms with Crippen molar-refractivity contribution in [3.63, 3.8) is 0 Å². The van der Waals surface area contributed by atoms with Crippen LogP contribution in [0.1, 0.15) is 0 Å². The summed E-state index contributed by atoms with van der Waals surface area (Å²) in [5, 5.41) is 0. The Bertz CT molecular complexity index is 537. The molecule has 3 aliphatic rings. The third kappa shape index (κ3) is 1.07. The van der Waals surface area contributed by atoms with Gasteiger partial charge in [0, 0.05) is 25.2 Å². The number of rotatable bonds is 0. The molecule has 3 rings (SSSR count). The Labute approximate surface area is 103 Å². The summed E-state index contributed by atoms with van der Waals surface area (Å²) in [5.41, 5.74) is 0.473. The summed E-state index contributed by atoms with van der Waals surface area (Å²) < 4.78 is 0. The van der Waals surface area contributed by atoms with Crippen molar-refractivity contribution in [1.29, 1.82) is 0 Å². The molecular weight excluding hydrogens is 236 g/mol. The Morgan fingerprint density at radius 3 is 1.56 bits per heavy atom. The fourth-order valence-electron chi connectivity index (χ4n) is 2.58. The Kier molecular flexibility index (Phi) is 1.91. The molecule has 2 aliphatic heterocycles. The number of hydrogen-bond acceptors (Lipinski definition) is 4. The number of nitrogens with zero attached hydrogens (tertiary/aromatic N) is 2. The second-order valence-electron chi connectivity index (χ2n) is 4.62. The van der Waals surface area contributed by atoms with Gasteiger partial charge < -0.3 is 0 Å². The van der Waals surface area contributed by atoms with Crippen LogP contribution in [0.3, 0.4) is 0 Å². The number of fused-ring (bicyclic) bond motifs is 2. The van der Waals surface area contributed by atoms with E-state index >= 15 is 0 Å². The van der Waals surface area contributed by atoms with E-state index in [2.05, 4.69) is 0 Å². The molecule has 0 spiro atoms.